The van der Waals surface area contributed by atoms with Crippen LogP contribution in [0.2, 0.25) is 0 Å². The lowest BCUT2D eigenvalue weighted by atomic mass is 9.81. The number of hydrogen-bond donors (Lipinski definition) is 0. The summed E-state index contributed by atoms with van der Waals surface area (Å²) in [7, 11) is 1.00. The molecule has 0 aromatic heterocycles. The minimum absolute atomic E-state index is 0.0778. The summed E-state index contributed by atoms with van der Waals surface area (Å²) in [5.41, 5.74) is -4.20. The summed E-state index contributed by atoms with van der Waals surface area (Å²) in [5, 5.41) is 0. The number of rotatable bonds is 5. The lowest BCUT2D eigenvalue weighted by Crippen LogP contribution is -2.61. The fourth-order valence-electron chi connectivity index (χ4n) is 3.40. The Morgan fingerprint density at radius 1 is 1.05 bits per heavy atom. The van der Waals surface area contributed by atoms with Crippen LogP contribution in [0.5, 0.6) is 0 Å². The summed E-state index contributed by atoms with van der Waals surface area (Å²) < 4.78 is 88.9. The van der Waals surface area contributed by atoms with E-state index in [1.165, 1.54) is 0 Å². The average Bonchev–Trinajstić information content (AvgIpc) is 2.97. The van der Waals surface area contributed by atoms with Gasteiger partial charge >= 0.3 is 12.4 Å². The number of hydrogen-bond acceptors (Lipinski definition) is 2. The summed E-state index contributed by atoms with van der Waals surface area (Å²) in [6.07, 6.45) is -9.33. The van der Waals surface area contributed by atoms with Gasteiger partial charge in [0.2, 0.25) is 0 Å². The molecule has 1 fully saturated rings. The molecule has 0 aliphatic heterocycles. The summed E-state index contributed by atoms with van der Waals surface area (Å²) in [5.74, 6) is -0.855. The van der Waals surface area contributed by atoms with Gasteiger partial charge in [0.1, 0.15) is 0 Å². The molecular weight excluding hydrogens is 314 g/mol. The van der Waals surface area contributed by atoms with Crippen LogP contribution >= 0.6 is 0 Å². The van der Waals surface area contributed by atoms with Crippen molar-refractivity contribution in [3.05, 3.63) is 12.2 Å². The van der Waals surface area contributed by atoms with Crippen LogP contribution < -0.4 is 0 Å². The summed E-state index contributed by atoms with van der Waals surface area (Å²) in [6.45, 7) is 1.02. The van der Waals surface area contributed by atoms with Crippen molar-refractivity contribution >= 4 is 0 Å². The van der Waals surface area contributed by atoms with Gasteiger partial charge in [-0.1, -0.05) is 12.2 Å². The van der Waals surface area contributed by atoms with Gasteiger partial charge < -0.3 is 9.47 Å². The molecule has 0 amide bonds. The Kier molecular flexibility index (Phi) is 4.56. The van der Waals surface area contributed by atoms with Crippen molar-refractivity contribution in [2.75, 3.05) is 7.11 Å². The van der Waals surface area contributed by atoms with Crippen LogP contribution in [-0.4, -0.2) is 31.4 Å². The molecule has 0 aromatic rings. The second kappa shape index (κ2) is 5.70. The number of alkyl halides is 6. The Morgan fingerprint density at radius 2 is 1.64 bits per heavy atom. The molecule has 0 aromatic carbocycles. The van der Waals surface area contributed by atoms with Gasteiger partial charge in [0.25, 0.3) is 5.60 Å². The van der Waals surface area contributed by atoms with Crippen LogP contribution in [0.1, 0.15) is 26.2 Å². The van der Waals surface area contributed by atoms with Crippen molar-refractivity contribution in [1.29, 1.82) is 0 Å². The van der Waals surface area contributed by atoms with Gasteiger partial charge in [-0.25, -0.2) is 0 Å². The molecular formula is C14H18F6O2. The predicted octanol–water partition coefficient (Wildman–Crippen LogP) is 4.46. The van der Waals surface area contributed by atoms with E-state index in [1.54, 1.807) is 6.08 Å². The Balaban J connectivity index is 2.32. The van der Waals surface area contributed by atoms with E-state index in [1.807, 2.05) is 6.08 Å². The highest BCUT2D eigenvalue weighted by Gasteiger charge is 2.73. The molecule has 1 saturated carbocycles. The van der Waals surface area contributed by atoms with Gasteiger partial charge in [-0.3, -0.25) is 0 Å². The zero-order chi connectivity index (χ0) is 16.8. The highest BCUT2D eigenvalue weighted by atomic mass is 19.4. The molecule has 0 N–H and O–H groups in total. The normalized spacial score (nSPS) is 30.1. The maximum Gasteiger partial charge on any atom is 0.426 e. The Bertz CT molecular complexity index is 414. The summed E-state index contributed by atoms with van der Waals surface area (Å²) in [6, 6.07) is 0. The Morgan fingerprint density at radius 3 is 2.00 bits per heavy atom. The van der Waals surface area contributed by atoms with Gasteiger partial charge in [0.05, 0.1) is 0 Å². The smallest absolute Gasteiger partial charge is 0.356 e. The van der Waals surface area contributed by atoms with Crippen molar-refractivity contribution in [3.63, 3.8) is 0 Å². The molecule has 0 heterocycles. The first-order valence-electron chi connectivity index (χ1n) is 7.02. The number of methoxy groups -OCH3 is 1. The minimum atomic E-state index is -5.57. The third-order valence-corrected chi connectivity index (χ3v) is 4.58. The van der Waals surface area contributed by atoms with E-state index in [9.17, 15) is 26.3 Å². The molecule has 4 unspecified atom stereocenters. The summed E-state index contributed by atoms with van der Waals surface area (Å²) >= 11 is 0. The van der Waals surface area contributed by atoms with Crippen molar-refractivity contribution in [1.82, 2.24) is 0 Å². The van der Waals surface area contributed by atoms with Crippen LogP contribution in [0.25, 0.3) is 0 Å². The van der Waals surface area contributed by atoms with E-state index >= 15 is 0 Å². The molecule has 2 nitrogen and oxygen atoms in total. The largest absolute Gasteiger partial charge is 0.426 e. The second-order valence-corrected chi connectivity index (χ2v) is 5.99. The maximum atomic E-state index is 13.3. The van der Waals surface area contributed by atoms with Crippen LogP contribution in [0, 0.1) is 17.8 Å². The maximum absolute atomic E-state index is 13.3. The molecule has 22 heavy (non-hydrogen) atoms. The van der Waals surface area contributed by atoms with Crippen LogP contribution in [0.3, 0.4) is 0 Å². The van der Waals surface area contributed by atoms with Gasteiger partial charge in [-0.05, 0) is 43.9 Å². The van der Waals surface area contributed by atoms with Crippen LogP contribution in [-0.2, 0) is 9.47 Å². The first-order valence-corrected chi connectivity index (χ1v) is 7.02. The molecule has 0 spiro atoms. The zero-order valence-corrected chi connectivity index (χ0v) is 12.2. The molecule has 0 radical (unpaired) electrons. The Hall–Kier alpha value is -0.760. The van der Waals surface area contributed by atoms with Gasteiger partial charge in [-0.15, -0.1) is 0 Å². The highest BCUT2D eigenvalue weighted by molar-refractivity contribution is 5.12. The quantitative estimate of drug-likeness (QED) is 0.420. The third-order valence-electron chi connectivity index (χ3n) is 4.58. The van der Waals surface area contributed by atoms with Crippen molar-refractivity contribution < 1.29 is 35.8 Å². The summed E-state index contributed by atoms with van der Waals surface area (Å²) in [4.78, 5) is 0. The molecule has 2 bridgehead atoms. The second-order valence-electron chi connectivity index (χ2n) is 5.99. The van der Waals surface area contributed by atoms with Gasteiger partial charge in [0.15, 0.2) is 6.29 Å². The van der Waals surface area contributed by atoms with E-state index in [4.69, 9.17) is 0 Å². The average molecular weight is 332 g/mol. The number of ether oxygens (including phenoxy) is 2. The minimum Gasteiger partial charge on any atom is -0.356 e. The number of allylic oxidation sites excluding steroid dienone is 2. The van der Waals surface area contributed by atoms with Crippen molar-refractivity contribution in [2.24, 2.45) is 17.8 Å². The molecule has 2 rings (SSSR count). The lowest BCUT2D eigenvalue weighted by molar-refractivity contribution is -0.410. The fourth-order valence-corrected chi connectivity index (χ4v) is 3.40. The van der Waals surface area contributed by atoms with Gasteiger partial charge in [-0.2, -0.15) is 26.3 Å². The topological polar surface area (TPSA) is 18.5 Å². The fraction of sp³-hybridized carbons (Fsp3) is 0.857. The van der Waals surface area contributed by atoms with Crippen molar-refractivity contribution in [2.45, 2.75) is 50.4 Å². The van der Waals surface area contributed by atoms with Crippen LogP contribution in [0.15, 0.2) is 12.2 Å². The molecule has 4 atom stereocenters. The number of halogens is 6. The number of fused-ring (bicyclic) bond motifs is 2. The zero-order valence-electron chi connectivity index (χ0n) is 12.2. The highest BCUT2D eigenvalue weighted by Crippen LogP contribution is 2.55. The van der Waals surface area contributed by atoms with E-state index in [2.05, 4.69) is 9.47 Å². The van der Waals surface area contributed by atoms with E-state index in [0.29, 0.717) is 12.8 Å². The van der Waals surface area contributed by atoms with E-state index in [0.717, 1.165) is 14.0 Å². The van der Waals surface area contributed by atoms with E-state index < -0.39 is 36.6 Å². The molecule has 2 aliphatic rings. The molecule has 0 saturated heterocycles. The molecule has 8 heteroatoms. The standard InChI is InChI=1S/C14H18F6O2/c1-8(21-2)22-12(13(15,16)17,14(18,19)20)7-11-6-9-3-4-10(11)5-9/h3-4,8-11H,5-7H2,1-2H3. The van der Waals surface area contributed by atoms with Crippen molar-refractivity contribution in [3.8, 4) is 0 Å². The SMILES string of the molecule is COC(C)OC(CC1CC2C=CC1C2)(C(F)(F)F)C(F)(F)F. The lowest BCUT2D eigenvalue weighted by Gasteiger charge is -2.41. The van der Waals surface area contributed by atoms with Crippen LogP contribution in [0.4, 0.5) is 26.3 Å². The molecule has 2 aliphatic carbocycles. The monoisotopic (exact) mass is 332 g/mol. The molecule has 128 valence electrons. The predicted molar refractivity (Wildman–Crippen MR) is 65.9 cm³/mol. The van der Waals surface area contributed by atoms with Gasteiger partial charge in [0, 0.05) is 7.11 Å². The Labute approximate surface area is 124 Å². The first kappa shape index (κ1) is 17.6. The first-order chi connectivity index (χ1) is 10.00. The third kappa shape index (κ3) is 2.99. The van der Waals surface area contributed by atoms with E-state index in [-0.39, 0.29) is 11.8 Å².